The van der Waals surface area contributed by atoms with Gasteiger partial charge in [-0.15, -0.1) is 0 Å². The monoisotopic (exact) mass is 336 g/mol. The zero-order valence-corrected chi connectivity index (χ0v) is 12.3. The number of nitrogens with zero attached hydrogens (tertiary/aromatic N) is 1. The van der Waals surface area contributed by atoms with Crippen LogP contribution >= 0.6 is 15.9 Å². The van der Waals surface area contributed by atoms with Crippen LogP contribution in [0, 0.1) is 0 Å². The molecule has 0 aliphatic heterocycles. The van der Waals surface area contributed by atoms with Crippen molar-refractivity contribution >= 4 is 21.8 Å². The third kappa shape index (κ3) is 3.21. The molecule has 3 N–H and O–H groups in total. The third-order valence-electron chi connectivity index (χ3n) is 2.60. The van der Waals surface area contributed by atoms with E-state index in [1.54, 1.807) is 31.4 Å². The minimum atomic E-state index is 0.0404. The molecule has 0 aliphatic rings. The van der Waals surface area contributed by atoms with E-state index in [-0.39, 0.29) is 5.84 Å². The second-order valence-corrected chi connectivity index (χ2v) is 4.77. The Morgan fingerprint density at radius 3 is 2.60 bits per heavy atom. The smallest absolute Gasteiger partial charge is 0.170 e. The van der Waals surface area contributed by atoms with Crippen LogP contribution in [-0.4, -0.2) is 18.2 Å². The maximum Gasteiger partial charge on any atom is 0.170 e. The Morgan fingerprint density at radius 2 is 1.95 bits per heavy atom. The number of rotatable bonds is 4. The summed E-state index contributed by atoms with van der Waals surface area (Å²) in [5, 5.41) is 11.6. The molecular formula is C14H13BrN2O3. The van der Waals surface area contributed by atoms with E-state index >= 15 is 0 Å². The second-order valence-electron chi connectivity index (χ2n) is 3.91. The largest absolute Gasteiger partial charge is 0.497 e. The summed E-state index contributed by atoms with van der Waals surface area (Å²) in [7, 11) is 1.60. The summed E-state index contributed by atoms with van der Waals surface area (Å²) in [6.07, 6.45) is 0. The highest BCUT2D eigenvalue weighted by atomic mass is 79.9. The highest BCUT2D eigenvalue weighted by Gasteiger charge is 2.07. The average Bonchev–Trinajstić information content (AvgIpc) is 2.48. The molecule has 0 heterocycles. The van der Waals surface area contributed by atoms with Gasteiger partial charge in [-0.2, -0.15) is 0 Å². The minimum Gasteiger partial charge on any atom is -0.497 e. The quantitative estimate of drug-likeness (QED) is 0.388. The minimum absolute atomic E-state index is 0.0404. The van der Waals surface area contributed by atoms with Gasteiger partial charge in [-0.3, -0.25) is 0 Å². The molecule has 104 valence electrons. The molecule has 0 saturated heterocycles. The first kappa shape index (κ1) is 14.2. The van der Waals surface area contributed by atoms with Gasteiger partial charge in [0.05, 0.1) is 11.6 Å². The standard InChI is InChI=1S/C14H13BrN2O3/c1-19-10-3-2-4-11(8-10)20-13-6-5-9(7-12(13)15)14(16)17-18/h2-8,18H,1H3,(H2,16,17). The summed E-state index contributed by atoms with van der Waals surface area (Å²) in [4.78, 5) is 0. The van der Waals surface area contributed by atoms with E-state index in [2.05, 4.69) is 21.1 Å². The molecule has 2 rings (SSSR count). The Morgan fingerprint density at radius 1 is 1.20 bits per heavy atom. The lowest BCUT2D eigenvalue weighted by Gasteiger charge is -2.10. The summed E-state index contributed by atoms with van der Waals surface area (Å²) < 4.78 is 11.6. The zero-order chi connectivity index (χ0) is 14.5. The van der Waals surface area contributed by atoms with Crippen LogP contribution in [0.2, 0.25) is 0 Å². The van der Waals surface area contributed by atoms with Crippen molar-refractivity contribution in [3.63, 3.8) is 0 Å². The second kappa shape index (κ2) is 6.29. The molecule has 0 radical (unpaired) electrons. The van der Waals surface area contributed by atoms with Crippen molar-refractivity contribution in [1.82, 2.24) is 0 Å². The van der Waals surface area contributed by atoms with Gasteiger partial charge in [0.1, 0.15) is 17.2 Å². The Balaban J connectivity index is 2.25. The average molecular weight is 337 g/mol. The van der Waals surface area contributed by atoms with Crippen molar-refractivity contribution in [1.29, 1.82) is 0 Å². The maximum absolute atomic E-state index is 8.64. The Bertz CT molecular complexity index is 644. The lowest BCUT2D eigenvalue weighted by atomic mass is 10.2. The molecule has 2 aromatic rings. The fourth-order valence-electron chi connectivity index (χ4n) is 1.59. The van der Waals surface area contributed by atoms with Crippen molar-refractivity contribution in [3.05, 3.63) is 52.5 Å². The van der Waals surface area contributed by atoms with Crippen molar-refractivity contribution in [2.75, 3.05) is 7.11 Å². The Hall–Kier alpha value is -2.21. The van der Waals surface area contributed by atoms with Gasteiger partial charge in [0.15, 0.2) is 5.84 Å². The first-order valence-corrected chi connectivity index (χ1v) is 6.52. The van der Waals surface area contributed by atoms with Gasteiger partial charge in [-0.1, -0.05) is 11.2 Å². The van der Waals surface area contributed by atoms with Crippen LogP contribution in [0.25, 0.3) is 0 Å². The van der Waals surface area contributed by atoms with Gasteiger partial charge in [-0.25, -0.2) is 0 Å². The maximum atomic E-state index is 8.64. The van der Waals surface area contributed by atoms with Crippen molar-refractivity contribution in [3.8, 4) is 17.2 Å². The van der Waals surface area contributed by atoms with Crippen molar-refractivity contribution < 1.29 is 14.7 Å². The summed E-state index contributed by atoms with van der Waals surface area (Å²) in [5.41, 5.74) is 6.12. The number of methoxy groups -OCH3 is 1. The number of oxime groups is 1. The number of hydrogen-bond donors (Lipinski definition) is 2. The molecule has 20 heavy (non-hydrogen) atoms. The number of nitrogens with two attached hydrogens (primary N) is 1. The first-order valence-electron chi connectivity index (χ1n) is 5.73. The predicted molar refractivity (Wildman–Crippen MR) is 79.7 cm³/mol. The third-order valence-corrected chi connectivity index (χ3v) is 3.22. The molecule has 0 atom stereocenters. The van der Waals surface area contributed by atoms with Crippen LogP contribution in [0.5, 0.6) is 17.2 Å². The van der Waals surface area contributed by atoms with Crippen molar-refractivity contribution in [2.45, 2.75) is 0 Å². The lowest BCUT2D eigenvalue weighted by Crippen LogP contribution is -2.12. The van der Waals surface area contributed by atoms with E-state index in [0.717, 1.165) is 0 Å². The first-order chi connectivity index (χ1) is 9.63. The number of hydrogen-bond acceptors (Lipinski definition) is 4. The number of ether oxygens (including phenoxy) is 2. The van der Waals surface area contributed by atoms with Gasteiger partial charge < -0.3 is 20.4 Å². The van der Waals surface area contributed by atoms with Crippen LogP contribution in [0.1, 0.15) is 5.56 Å². The number of benzene rings is 2. The lowest BCUT2D eigenvalue weighted by molar-refractivity contribution is 0.318. The molecule has 0 spiro atoms. The highest BCUT2D eigenvalue weighted by molar-refractivity contribution is 9.10. The molecule has 0 unspecified atom stereocenters. The summed E-state index contributed by atoms with van der Waals surface area (Å²) >= 11 is 3.39. The normalized spacial score (nSPS) is 11.2. The van der Waals surface area contributed by atoms with Crippen LogP contribution in [-0.2, 0) is 0 Å². The van der Waals surface area contributed by atoms with Crippen LogP contribution < -0.4 is 15.2 Å². The molecular weight excluding hydrogens is 324 g/mol. The van der Waals surface area contributed by atoms with Gasteiger partial charge in [-0.05, 0) is 46.3 Å². The summed E-state index contributed by atoms with van der Waals surface area (Å²) in [6, 6.07) is 12.4. The summed E-state index contributed by atoms with van der Waals surface area (Å²) in [6.45, 7) is 0. The highest BCUT2D eigenvalue weighted by Crippen LogP contribution is 2.31. The van der Waals surface area contributed by atoms with Crippen LogP contribution in [0.3, 0.4) is 0 Å². The predicted octanol–water partition coefficient (Wildman–Crippen LogP) is 3.34. The molecule has 6 heteroatoms. The van der Waals surface area contributed by atoms with E-state index in [0.29, 0.717) is 27.3 Å². The fourth-order valence-corrected chi connectivity index (χ4v) is 2.05. The SMILES string of the molecule is COc1cccc(Oc2ccc(/C(N)=N/O)cc2Br)c1. The topological polar surface area (TPSA) is 77.1 Å². The number of amidine groups is 1. The van der Waals surface area contributed by atoms with E-state index in [9.17, 15) is 0 Å². The fraction of sp³-hybridized carbons (Fsp3) is 0.0714. The van der Waals surface area contributed by atoms with E-state index < -0.39 is 0 Å². The molecule has 2 aromatic carbocycles. The van der Waals surface area contributed by atoms with E-state index in [4.69, 9.17) is 20.4 Å². The summed E-state index contributed by atoms with van der Waals surface area (Å²) in [5.74, 6) is 2.03. The number of halogens is 1. The zero-order valence-electron chi connectivity index (χ0n) is 10.7. The Kier molecular flexibility index (Phi) is 4.47. The van der Waals surface area contributed by atoms with E-state index in [1.807, 2.05) is 18.2 Å². The van der Waals surface area contributed by atoms with Gasteiger partial charge >= 0.3 is 0 Å². The van der Waals surface area contributed by atoms with E-state index in [1.165, 1.54) is 0 Å². The van der Waals surface area contributed by atoms with Crippen LogP contribution in [0.15, 0.2) is 52.1 Å². The van der Waals surface area contributed by atoms with Gasteiger partial charge in [0, 0.05) is 11.6 Å². The molecule has 0 aliphatic carbocycles. The van der Waals surface area contributed by atoms with Gasteiger partial charge in [0.25, 0.3) is 0 Å². The molecule has 0 amide bonds. The molecule has 0 saturated carbocycles. The molecule has 0 aromatic heterocycles. The van der Waals surface area contributed by atoms with Crippen LogP contribution in [0.4, 0.5) is 0 Å². The molecule has 0 fully saturated rings. The van der Waals surface area contributed by atoms with Gasteiger partial charge in [0.2, 0.25) is 0 Å². The van der Waals surface area contributed by atoms with Crippen molar-refractivity contribution in [2.24, 2.45) is 10.9 Å². The molecule has 0 bridgehead atoms. The molecule has 5 nitrogen and oxygen atoms in total. The Labute approximate surface area is 124 Å².